The van der Waals surface area contributed by atoms with Crippen molar-refractivity contribution in [3.05, 3.63) is 69.1 Å². The zero-order valence-electron chi connectivity index (χ0n) is 23.0. The predicted octanol–water partition coefficient (Wildman–Crippen LogP) is 4.99. The van der Waals surface area contributed by atoms with E-state index in [1.807, 2.05) is 0 Å². The van der Waals surface area contributed by atoms with Gasteiger partial charge in [0.25, 0.3) is 0 Å². The number of alkyl halides is 3. The number of esters is 1. The Hall–Kier alpha value is -4.16. The minimum atomic E-state index is -4.50. The minimum absolute atomic E-state index is 0.0131. The van der Waals surface area contributed by atoms with Gasteiger partial charge < -0.3 is 14.8 Å². The van der Waals surface area contributed by atoms with Crippen LogP contribution in [-0.4, -0.2) is 32.2 Å². The SMILES string of the molecule is COC(=O)[C@@H](C)Cn1c(=O)nc(Nc2ccc(Oc3ccc(C(F)(F)F)cn3)cc2)n(CC2CCC(C)CC2)c1=O. The topological polar surface area (TPSA) is 117 Å². The Kier molecular flexibility index (Phi) is 9.14. The first-order chi connectivity index (χ1) is 19.4. The van der Waals surface area contributed by atoms with Crippen LogP contribution in [0.5, 0.6) is 11.6 Å². The molecule has 0 amide bonds. The van der Waals surface area contributed by atoms with Crippen LogP contribution in [0.2, 0.25) is 0 Å². The Labute approximate surface area is 234 Å². The van der Waals surface area contributed by atoms with Crippen LogP contribution < -0.4 is 21.4 Å². The van der Waals surface area contributed by atoms with Gasteiger partial charge in [-0.2, -0.15) is 18.2 Å². The second-order valence-corrected chi connectivity index (χ2v) is 10.4. The molecule has 1 saturated carbocycles. The summed E-state index contributed by atoms with van der Waals surface area (Å²) in [5, 5.41) is 3.03. The first-order valence-electron chi connectivity index (χ1n) is 13.3. The molecule has 1 aliphatic rings. The van der Waals surface area contributed by atoms with E-state index in [2.05, 4.69) is 22.2 Å². The summed E-state index contributed by atoms with van der Waals surface area (Å²) in [7, 11) is 1.24. The second kappa shape index (κ2) is 12.6. The summed E-state index contributed by atoms with van der Waals surface area (Å²) in [6, 6.07) is 8.36. The molecule has 4 rings (SSSR count). The average Bonchev–Trinajstić information content (AvgIpc) is 2.94. The fourth-order valence-corrected chi connectivity index (χ4v) is 4.73. The quantitative estimate of drug-likeness (QED) is 0.355. The molecule has 0 unspecified atom stereocenters. The normalized spacial score (nSPS) is 18.0. The van der Waals surface area contributed by atoms with E-state index in [1.54, 1.807) is 31.2 Å². The highest BCUT2D eigenvalue weighted by Gasteiger charge is 2.30. The van der Waals surface area contributed by atoms with Crippen LogP contribution in [-0.2, 0) is 28.8 Å². The van der Waals surface area contributed by atoms with Gasteiger partial charge in [-0.3, -0.25) is 9.36 Å². The van der Waals surface area contributed by atoms with Crippen LogP contribution >= 0.6 is 0 Å². The highest BCUT2D eigenvalue weighted by molar-refractivity contribution is 5.71. The molecule has 1 N–H and O–H groups in total. The molecule has 10 nitrogen and oxygen atoms in total. The van der Waals surface area contributed by atoms with E-state index in [1.165, 1.54) is 11.7 Å². The summed E-state index contributed by atoms with van der Waals surface area (Å²) < 4.78 is 51.0. The van der Waals surface area contributed by atoms with Crippen molar-refractivity contribution in [1.29, 1.82) is 0 Å². The molecule has 1 atom stereocenters. The number of nitrogens with zero attached hydrogens (tertiary/aromatic N) is 4. The van der Waals surface area contributed by atoms with Crippen LogP contribution in [0.4, 0.5) is 24.8 Å². The molecule has 2 aromatic heterocycles. The Morgan fingerprint density at radius 3 is 2.34 bits per heavy atom. The third-order valence-corrected chi connectivity index (χ3v) is 7.18. The predicted molar refractivity (Wildman–Crippen MR) is 144 cm³/mol. The summed E-state index contributed by atoms with van der Waals surface area (Å²) >= 11 is 0. The van der Waals surface area contributed by atoms with Crippen molar-refractivity contribution in [2.45, 2.75) is 58.8 Å². The average molecular weight is 576 g/mol. The molecule has 41 heavy (non-hydrogen) atoms. The van der Waals surface area contributed by atoms with E-state index in [9.17, 15) is 27.6 Å². The number of pyridine rings is 1. The molecule has 0 bridgehead atoms. The lowest BCUT2D eigenvalue weighted by Gasteiger charge is -2.27. The van der Waals surface area contributed by atoms with Crippen LogP contribution in [0.3, 0.4) is 0 Å². The van der Waals surface area contributed by atoms with Crippen molar-refractivity contribution in [2.24, 2.45) is 17.8 Å². The molecule has 1 aromatic carbocycles. The third-order valence-electron chi connectivity index (χ3n) is 7.18. The first kappa shape index (κ1) is 29.8. The highest BCUT2D eigenvalue weighted by atomic mass is 19.4. The number of rotatable bonds is 9. The lowest BCUT2D eigenvalue weighted by molar-refractivity contribution is -0.145. The van der Waals surface area contributed by atoms with Crippen molar-refractivity contribution in [2.75, 3.05) is 12.4 Å². The molecular formula is C28H32F3N5O5. The smallest absolute Gasteiger partial charge is 0.417 e. The van der Waals surface area contributed by atoms with Gasteiger partial charge in [-0.25, -0.2) is 19.1 Å². The van der Waals surface area contributed by atoms with Gasteiger partial charge in [0, 0.05) is 31.0 Å². The standard InChI is InChI=1S/C28H32F3N5O5/c1-17-4-6-19(7-5-17)16-35-25(34-26(38)36(27(35)39)15-18(2)24(37)40-3)33-21-9-11-22(12-10-21)41-23-13-8-20(14-32-23)28(29,30)31/h8-14,17-19H,4-7,15-16H2,1-3H3,(H,33,34,38)/t17?,18-,19?/m0/s1. The molecule has 0 spiro atoms. The van der Waals surface area contributed by atoms with Crippen molar-refractivity contribution < 1.29 is 27.4 Å². The maximum absolute atomic E-state index is 13.5. The van der Waals surface area contributed by atoms with E-state index < -0.39 is 35.0 Å². The van der Waals surface area contributed by atoms with Gasteiger partial charge in [0.2, 0.25) is 11.8 Å². The summed E-state index contributed by atoms with van der Waals surface area (Å²) in [6.45, 7) is 3.96. The van der Waals surface area contributed by atoms with Gasteiger partial charge in [0.05, 0.1) is 18.6 Å². The van der Waals surface area contributed by atoms with Gasteiger partial charge in [0.15, 0.2) is 0 Å². The van der Waals surface area contributed by atoms with Crippen molar-refractivity contribution in [3.8, 4) is 11.6 Å². The van der Waals surface area contributed by atoms with Crippen molar-refractivity contribution in [3.63, 3.8) is 0 Å². The van der Waals surface area contributed by atoms with Crippen molar-refractivity contribution >= 4 is 17.6 Å². The molecule has 0 aliphatic heterocycles. The number of anilines is 2. The number of carbonyl (C=O) groups is 1. The number of halogens is 3. The molecule has 2 heterocycles. The van der Waals surface area contributed by atoms with Crippen molar-refractivity contribution in [1.82, 2.24) is 19.1 Å². The molecule has 3 aromatic rings. The molecular weight excluding hydrogens is 543 g/mol. The van der Waals surface area contributed by atoms with E-state index in [4.69, 9.17) is 9.47 Å². The number of carbonyl (C=O) groups excluding carboxylic acids is 1. The number of hydrogen-bond acceptors (Lipinski definition) is 8. The summed E-state index contributed by atoms with van der Waals surface area (Å²) in [5.74, 6) is -0.0488. The van der Waals surface area contributed by atoms with Crippen LogP contribution in [0.25, 0.3) is 0 Å². The Balaban J connectivity index is 1.57. The largest absolute Gasteiger partial charge is 0.469 e. The molecule has 220 valence electrons. The second-order valence-electron chi connectivity index (χ2n) is 10.4. The van der Waals surface area contributed by atoms with Gasteiger partial charge in [-0.05, 0) is 55.0 Å². The lowest BCUT2D eigenvalue weighted by Crippen LogP contribution is -2.45. The molecule has 1 fully saturated rings. The number of benzene rings is 1. The van der Waals surface area contributed by atoms with E-state index >= 15 is 0 Å². The maximum atomic E-state index is 13.5. The molecule has 0 radical (unpaired) electrons. The highest BCUT2D eigenvalue weighted by Crippen LogP contribution is 2.31. The Morgan fingerprint density at radius 2 is 1.76 bits per heavy atom. The zero-order chi connectivity index (χ0) is 29.7. The summed E-state index contributed by atoms with van der Waals surface area (Å²) in [5.41, 5.74) is -1.76. The van der Waals surface area contributed by atoms with E-state index in [-0.39, 0.29) is 24.3 Å². The summed E-state index contributed by atoms with van der Waals surface area (Å²) in [4.78, 5) is 46.2. The number of nitrogens with one attached hydrogen (secondary N) is 1. The zero-order valence-corrected chi connectivity index (χ0v) is 23.0. The molecule has 13 heteroatoms. The Bertz CT molecular complexity index is 1460. The Morgan fingerprint density at radius 1 is 1.07 bits per heavy atom. The fraction of sp³-hybridized carbons (Fsp3) is 0.464. The summed E-state index contributed by atoms with van der Waals surface area (Å²) in [6.07, 6.45) is 0.165. The van der Waals surface area contributed by atoms with E-state index in [0.717, 1.165) is 42.4 Å². The van der Waals surface area contributed by atoms with Gasteiger partial charge >= 0.3 is 23.5 Å². The number of ether oxygens (including phenoxy) is 2. The van der Waals surface area contributed by atoms with Gasteiger partial charge in [-0.1, -0.05) is 26.7 Å². The van der Waals surface area contributed by atoms with Crippen LogP contribution in [0.15, 0.2) is 52.2 Å². The first-order valence-corrected chi connectivity index (χ1v) is 13.3. The van der Waals surface area contributed by atoms with Gasteiger partial charge in [0.1, 0.15) is 5.75 Å². The van der Waals surface area contributed by atoms with Gasteiger partial charge in [-0.15, -0.1) is 0 Å². The number of aromatic nitrogens is 4. The molecule has 1 aliphatic carbocycles. The minimum Gasteiger partial charge on any atom is -0.469 e. The monoisotopic (exact) mass is 575 g/mol. The van der Waals surface area contributed by atoms with E-state index in [0.29, 0.717) is 30.1 Å². The number of methoxy groups -OCH3 is 1. The third kappa shape index (κ3) is 7.53. The number of hydrogen-bond donors (Lipinski definition) is 1. The lowest BCUT2D eigenvalue weighted by atomic mass is 9.83. The molecule has 0 saturated heterocycles. The maximum Gasteiger partial charge on any atom is 0.417 e. The van der Waals surface area contributed by atoms with Crippen LogP contribution in [0.1, 0.15) is 45.1 Å². The fourth-order valence-electron chi connectivity index (χ4n) is 4.73. The van der Waals surface area contributed by atoms with Crippen LogP contribution in [0, 0.1) is 17.8 Å².